The van der Waals surface area contributed by atoms with Gasteiger partial charge in [0.05, 0.1) is 19.2 Å². The summed E-state index contributed by atoms with van der Waals surface area (Å²) in [4.78, 5) is 28.7. The van der Waals surface area contributed by atoms with Gasteiger partial charge in [-0.05, 0) is 0 Å². The molecule has 1 aromatic rings. The molecular formula is C12H12N2O3S. The Labute approximate surface area is 109 Å². The smallest absolute Gasteiger partial charge is 0.311 e. The molecule has 0 saturated carbocycles. The summed E-state index contributed by atoms with van der Waals surface area (Å²) in [6.07, 6.45) is 5.80. The van der Waals surface area contributed by atoms with Crippen LogP contribution in [0.2, 0.25) is 0 Å². The standard InChI is InChI=1S/C12H12N2O3S/c1-3-8-4-10(15)14(6-8)12-13-9(7-18-12)5-11(16)17-2/h1,7-8H,4-6H2,2H3. The Morgan fingerprint density at radius 2 is 2.56 bits per heavy atom. The zero-order chi connectivity index (χ0) is 13.1. The number of ether oxygens (including phenoxy) is 1. The summed E-state index contributed by atoms with van der Waals surface area (Å²) in [5, 5.41) is 2.35. The van der Waals surface area contributed by atoms with Crippen molar-refractivity contribution in [1.29, 1.82) is 0 Å². The minimum atomic E-state index is -0.346. The van der Waals surface area contributed by atoms with Gasteiger partial charge in [0, 0.05) is 24.3 Å². The van der Waals surface area contributed by atoms with Crippen LogP contribution in [0.15, 0.2) is 5.38 Å². The van der Waals surface area contributed by atoms with Gasteiger partial charge in [0.1, 0.15) is 0 Å². The van der Waals surface area contributed by atoms with Gasteiger partial charge in [-0.3, -0.25) is 14.5 Å². The van der Waals surface area contributed by atoms with E-state index in [-0.39, 0.29) is 24.2 Å². The molecule has 1 amide bonds. The maximum atomic E-state index is 11.7. The Kier molecular flexibility index (Phi) is 3.63. The van der Waals surface area contributed by atoms with Crippen LogP contribution in [0.1, 0.15) is 12.1 Å². The monoisotopic (exact) mass is 264 g/mol. The first kappa shape index (κ1) is 12.6. The van der Waals surface area contributed by atoms with Crippen LogP contribution in [0.25, 0.3) is 0 Å². The number of terminal acetylenes is 1. The van der Waals surface area contributed by atoms with Crippen molar-refractivity contribution in [3.63, 3.8) is 0 Å². The molecule has 94 valence electrons. The zero-order valence-electron chi connectivity index (χ0n) is 9.88. The fourth-order valence-electron chi connectivity index (χ4n) is 1.73. The van der Waals surface area contributed by atoms with Gasteiger partial charge < -0.3 is 4.74 Å². The lowest BCUT2D eigenvalue weighted by atomic mass is 10.1. The minimum absolute atomic E-state index is 0.0167. The van der Waals surface area contributed by atoms with Crippen LogP contribution in [-0.4, -0.2) is 30.5 Å². The highest BCUT2D eigenvalue weighted by Crippen LogP contribution is 2.27. The largest absolute Gasteiger partial charge is 0.469 e. The first-order valence-corrected chi connectivity index (χ1v) is 6.29. The second-order valence-electron chi connectivity index (χ2n) is 3.95. The number of hydrogen-bond donors (Lipinski definition) is 0. The lowest BCUT2D eigenvalue weighted by Crippen LogP contribution is -2.24. The van der Waals surface area contributed by atoms with Crippen LogP contribution in [0, 0.1) is 18.3 Å². The number of amides is 1. The van der Waals surface area contributed by atoms with Crippen LogP contribution in [0.4, 0.5) is 5.13 Å². The molecule has 2 rings (SSSR count). The van der Waals surface area contributed by atoms with Crippen LogP contribution >= 0.6 is 11.3 Å². The first-order chi connectivity index (χ1) is 8.63. The zero-order valence-corrected chi connectivity index (χ0v) is 10.7. The third-order valence-electron chi connectivity index (χ3n) is 2.68. The summed E-state index contributed by atoms with van der Waals surface area (Å²) < 4.78 is 4.56. The molecule has 1 unspecified atom stereocenters. The number of methoxy groups -OCH3 is 1. The van der Waals surface area contributed by atoms with Crippen LogP contribution in [0.3, 0.4) is 0 Å². The predicted octanol–water partition coefficient (Wildman–Crippen LogP) is 0.845. The number of nitrogens with zero attached hydrogens (tertiary/aromatic N) is 2. The molecule has 0 aromatic carbocycles. The highest BCUT2D eigenvalue weighted by atomic mass is 32.1. The Morgan fingerprint density at radius 3 is 3.17 bits per heavy atom. The molecule has 0 N–H and O–H groups in total. The van der Waals surface area contributed by atoms with Crippen molar-refractivity contribution in [3.05, 3.63) is 11.1 Å². The van der Waals surface area contributed by atoms with Gasteiger partial charge in [-0.25, -0.2) is 4.98 Å². The Hall–Kier alpha value is -1.87. The van der Waals surface area contributed by atoms with Gasteiger partial charge in [0.25, 0.3) is 0 Å². The molecule has 2 heterocycles. The summed E-state index contributed by atoms with van der Waals surface area (Å²) in [5.41, 5.74) is 0.610. The van der Waals surface area contributed by atoms with E-state index in [9.17, 15) is 9.59 Å². The number of rotatable bonds is 3. The normalized spacial score (nSPS) is 18.8. The van der Waals surface area contributed by atoms with Crippen molar-refractivity contribution < 1.29 is 14.3 Å². The molecule has 1 aromatic heterocycles. The van der Waals surface area contributed by atoms with E-state index in [4.69, 9.17) is 6.42 Å². The molecule has 0 bridgehead atoms. The van der Waals surface area contributed by atoms with E-state index < -0.39 is 0 Å². The van der Waals surface area contributed by atoms with Gasteiger partial charge in [-0.2, -0.15) is 0 Å². The number of hydrogen-bond acceptors (Lipinski definition) is 5. The maximum Gasteiger partial charge on any atom is 0.311 e. The Bertz CT molecular complexity index is 518. The van der Waals surface area contributed by atoms with Crippen molar-refractivity contribution >= 4 is 28.3 Å². The van der Waals surface area contributed by atoms with E-state index in [2.05, 4.69) is 15.6 Å². The number of anilines is 1. The lowest BCUT2D eigenvalue weighted by Gasteiger charge is -2.10. The molecule has 1 aliphatic heterocycles. The van der Waals surface area contributed by atoms with Crippen LogP contribution in [0.5, 0.6) is 0 Å². The minimum Gasteiger partial charge on any atom is -0.469 e. The summed E-state index contributed by atoms with van der Waals surface area (Å²) in [5.74, 6) is 2.17. The number of carbonyl (C=O) groups excluding carboxylic acids is 2. The number of thiazole rings is 1. The summed E-state index contributed by atoms with van der Waals surface area (Å²) in [7, 11) is 1.33. The first-order valence-electron chi connectivity index (χ1n) is 5.41. The molecule has 0 spiro atoms. The third-order valence-corrected chi connectivity index (χ3v) is 3.60. The average Bonchev–Trinajstić information content (AvgIpc) is 2.95. The number of aromatic nitrogens is 1. The molecule has 5 nitrogen and oxygen atoms in total. The predicted molar refractivity (Wildman–Crippen MR) is 67.1 cm³/mol. The van der Waals surface area contributed by atoms with Crippen molar-refractivity contribution in [2.75, 3.05) is 18.6 Å². The fourth-order valence-corrected chi connectivity index (χ4v) is 2.58. The molecule has 1 fully saturated rings. The van der Waals surface area contributed by atoms with E-state index >= 15 is 0 Å². The van der Waals surface area contributed by atoms with Gasteiger partial charge in [0.15, 0.2) is 5.13 Å². The van der Waals surface area contributed by atoms with E-state index in [1.807, 2.05) is 0 Å². The van der Waals surface area contributed by atoms with E-state index in [1.54, 1.807) is 10.3 Å². The van der Waals surface area contributed by atoms with Crippen molar-refractivity contribution in [3.8, 4) is 12.3 Å². The number of esters is 1. The lowest BCUT2D eigenvalue weighted by molar-refractivity contribution is -0.139. The highest BCUT2D eigenvalue weighted by Gasteiger charge is 2.31. The summed E-state index contributed by atoms with van der Waals surface area (Å²) in [6, 6.07) is 0. The van der Waals surface area contributed by atoms with Crippen LogP contribution < -0.4 is 4.90 Å². The maximum absolute atomic E-state index is 11.7. The molecule has 1 atom stereocenters. The third kappa shape index (κ3) is 2.51. The van der Waals surface area contributed by atoms with Crippen molar-refractivity contribution in [2.24, 2.45) is 5.92 Å². The Morgan fingerprint density at radius 1 is 1.78 bits per heavy atom. The molecule has 0 aliphatic carbocycles. The van der Waals surface area contributed by atoms with Crippen molar-refractivity contribution in [2.45, 2.75) is 12.8 Å². The quantitative estimate of drug-likeness (QED) is 0.599. The van der Waals surface area contributed by atoms with E-state index in [1.165, 1.54) is 18.4 Å². The second-order valence-corrected chi connectivity index (χ2v) is 4.78. The van der Waals surface area contributed by atoms with Crippen LogP contribution in [-0.2, 0) is 20.7 Å². The molecule has 1 saturated heterocycles. The van der Waals surface area contributed by atoms with Gasteiger partial charge in [0.2, 0.25) is 5.91 Å². The van der Waals surface area contributed by atoms with Gasteiger partial charge >= 0.3 is 5.97 Å². The molecule has 0 radical (unpaired) electrons. The highest BCUT2D eigenvalue weighted by molar-refractivity contribution is 7.14. The fraction of sp³-hybridized carbons (Fsp3) is 0.417. The SMILES string of the molecule is C#CC1CC(=O)N(c2nc(CC(=O)OC)cs2)C1. The topological polar surface area (TPSA) is 59.5 Å². The summed E-state index contributed by atoms with van der Waals surface area (Å²) >= 11 is 1.33. The molecule has 1 aliphatic rings. The van der Waals surface area contributed by atoms with Gasteiger partial charge in [-0.1, -0.05) is 0 Å². The van der Waals surface area contributed by atoms with Crippen molar-refractivity contribution in [1.82, 2.24) is 4.98 Å². The van der Waals surface area contributed by atoms with E-state index in [0.717, 1.165) is 0 Å². The van der Waals surface area contributed by atoms with E-state index in [0.29, 0.717) is 23.8 Å². The summed E-state index contributed by atoms with van der Waals surface area (Å²) in [6.45, 7) is 0.501. The van der Waals surface area contributed by atoms with Gasteiger partial charge in [-0.15, -0.1) is 23.7 Å². The number of carbonyl (C=O) groups is 2. The average molecular weight is 264 g/mol. The molecule has 18 heavy (non-hydrogen) atoms. The molecular weight excluding hydrogens is 252 g/mol. The Balaban J connectivity index is 2.09. The second kappa shape index (κ2) is 5.19. The molecule has 6 heteroatoms.